The molecule has 29 heavy (non-hydrogen) atoms. The van der Waals surface area contributed by atoms with Crippen LogP contribution in [0.25, 0.3) is 11.8 Å². The molecule has 0 aliphatic carbocycles. The molecular formula is C24H17BrINO2. The third-order valence-electron chi connectivity index (χ3n) is 4.64. The lowest BCUT2D eigenvalue weighted by Gasteiger charge is -2.22. The highest BCUT2D eigenvalue weighted by molar-refractivity contribution is 14.1. The van der Waals surface area contributed by atoms with Gasteiger partial charge in [0.05, 0.1) is 23.0 Å². The minimum atomic E-state index is -0.0418. The van der Waals surface area contributed by atoms with Gasteiger partial charge in [-0.1, -0.05) is 48.5 Å². The minimum Gasteiger partial charge on any atom is -0.496 e. The predicted octanol–water partition coefficient (Wildman–Crippen LogP) is 6.53. The summed E-state index contributed by atoms with van der Waals surface area (Å²) in [5, 5.41) is 0. The number of rotatable bonds is 4. The van der Waals surface area contributed by atoms with Gasteiger partial charge in [0, 0.05) is 9.14 Å². The Morgan fingerprint density at radius 3 is 2.41 bits per heavy atom. The molecule has 5 heteroatoms. The van der Waals surface area contributed by atoms with E-state index in [-0.39, 0.29) is 5.91 Å². The molecule has 0 bridgehead atoms. The molecule has 3 aromatic carbocycles. The number of carbonyl (C=O) groups excluding carboxylic acids is 1. The van der Waals surface area contributed by atoms with Gasteiger partial charge in [-0.05, 0) is 86.1 Å². The van der Waals surface area contributed by atoms with Crippen molar-refractivity contribution in [3.8, 4) is 5.75 Å². The van der Waals surface area contributed by atoms with Gasteiger partial charge in [0.1, 0.15) is 5.75 Å². The molecule has 3 aromatic rings. The van der Waals surface area contributed by atoms with Crippen molar-refractivity contribution in [1.29, 1.82) is 0 Å². The van der Waals surface area contributed by atoms with Crippen LogP contribution in [0.1, 0.15) is 11.1 Å². The van der Waals surface area contributed by atoms with Crippen LogP contribution in [0, 0.1) is 3.57 Å². The topological polar surface area (TPSA) is 29.5 Å². The van der Waals surface area contributed by atoms with Gasteiger partial charge in [0.25, 0.3) is 5.91 Å². The normalized spacial score (nSPS) is 15.0. The Hall–Kier alpha value is -2.38. The van der Waals surface area contributed by atoms with Gasteiger partial charge in [-0.25, -0.2) is 0 Å². The van der Waals surface area contributed by atoms with E-state index in [0.29, 0.717) is 5.57 Å². The van der Waals surface area contributed by atoms with Crippen LogP contribution in [0.3, 0.4) is 0 Å². The number of amides is 1. The van der Waals surface area contributed by atoms with E-state index in [0.717, 1.165) is 36.3 Å². The van der Waals surface area contributed by atoms with Crippen molar-refractivity contribution in [1.82, 2.24) is 0 Å². The zero-order valence-electron chi connectivity index (χ0n) is 15.6. The van der Waals surface area contributed by atoms with Gasteiger partial charge in [0.2, 0.25) is 0 Å². The molecule has 4 rings (SSSR count). The Morgan fingerprint density at radius 2 is 1.72 bits per heavy atom. The molecule has 0 radical (unpaired) electrons. The molecule has 1 aliphatic heterocycles. The van der Waals surface area contributed by atoms with Crippen molar-refractivity contribution >= 4 is 61.9 Å². The maximum atomic E-state index is 13.4. The summed E-state index contributed by atoms with van der Waals surface area (Å²) >= 11 is 5.78. The first-order valence-electron chi connectivity index (χ1n) is 9.00. The highest BCUT2D eigenvalue weighted by Crippen LogP contribution is 2.37. The number of hydrogen-bond donors (Lipinski definition) is 0. The van der Waals surface area contributed by atoms with E-state index in [2.05, 4.69) is 38.5 Å². The molecular weight excluding hydrogens is 541 g/mol. The zero-order valence-corrected chi connectivity index (χ0v) is 19.3. The maximum absolute atomic E-state index is 13.4. The van der Waals surface area contributed by atoms with E-state index in [9.17, 15) is 4.79 Å². The maximum Gasteiger partial charge on any atom is 0.262 e. The van der Waals surface area contributed by atoms with Crippen molar-refractivity contribution in [3.05, 3.63) is 104 Å². The second-order valence-electron chi connectivity index (χ2n) is 6.48. The largest absolute Gasteiger partial charge is 0.496 e. The Balaban J connectivity index is 1.82. The summed E-state index contributed by atoms with van der Waals surface area (Å²) in [6, 6.07) is 23.7. The molecule has 0 atom stereocenters. The average Bonchev–Trinajstić information content (AvgIpc) is 3.05. The quantitative estimate of drug-likeness (QED) is 0.269. The molecule has 0 fully saturated rings. The van der Waals surface area contributed by atoms with Crippen LogP contribution >= 0.6 is 38.5 Å². The fraction of sp³-hybridized carbons (Fsp3) is 0.0417. The summed E-state index contributed by atoms with van der Waals surface area (Å²) in [6.45, 7) is 0. The number of carbonyl (C=O) groups is 1. The number of halogens is 2. The van der Waals surface area contributed by atoms with Gasteiger partial charge in [-0.15, -0.1) is 0 Å². The zero-order chi connectivity index (χ0) is 20.4. The molecule has 3 nitrogen and oxygen atoms in total. The first kappa shape index (κ1) is 19.9. The van der Waals surface area contributed by atoms with Crippen molar-refractivity contribution in [3.63, 3.8) is 0 Å². The van der Waals surface area contributed by atoms with E-state index in [4.69, 9.17) is 4.74 Å². The van der Waals surface area contributed by atoms with Gasteiger partial charge >= 0.3 is 0 Å². The lowest BCUT2D eigenvalue weighted by atomic mass is 10.1. The molecule has 1 heterocycles. The number of benzene rings is 3. The van der Waals surface area contributed by atoms with E-state index >= 15 is 0 Å². The van der Waals surface area contributed by atoms with Gasteiger partial charge in [0.15, 0.2) is 0 Å². The first-order valence-corrected chi connectivity index (χ1v) is 10.9. The van der Waals surface area contributed by atoms with Crippen LogP contribution in [-0.4, -0.2) is 13.0 Å². The monoisotopic (exact) mass is 557 g/mol. The summed E-state index contributed by atoms with van der Waals surface area (Å²) in [4.78, 5) is 15.2. The third kappa shape index (κ3) is 4.02. The average molecular weight is 558 g/mol. The summed E-state index contributed by atoms with van der Waals surface area (Å²) < 4.78 is 7.17. The molecule has 0 saturated carbocycles. The van der Waals surface area contributed by atoms with E-state index in [1.807, 2.05) is 84.9 Å². The number of para-hydroxylation sites is 1. The predicted molar refractivity (Wildman–Crippen MR) is 130 cm³/mol. The van der Waals surface area contributed by atoms with Crippen LogP contribution in [0.5, 0.6) is 5.75 Å². The Kier molecular flexibility index (Phi) is 5.87. The number of nitrogens with zero attached hydrogens (tertiary/aromatic N) is 1. The highest BCUT2D eigenvalue weighted by atomic mass is 127. The number of ether oxygens (including phenoxy) is 1. The van der Waals surface area contributed by atoms with E-state index in [1.54, 1.807) is 12.0 Å². The van der Waals surface area contributed by atoms with Crippen molar-refractivity contribution < 1.29 is 9.53 Å². The van der Waals surface area contributed by atoms with Crippen LogP contribution in [0.2, 0.25) is 0 Å². The molecule has 1 aliphatic rings. The number of hydrogen-bond acceptors (Lipinski definition) is 2. The summed E-state index contributed by atoms with van der Waals surface area (Å²) in [7, 11) is 1.63. The van der Waals surface area contributed by atoms with Crippen LogP contribution < -0.4 is 9.64 Å². The number of methoxy groups -OCH3 is 1. The van der Waals surface area contributed by atoms with Crippen molar-refractivity contribution in [2.24, 2.45) is 0 Å². The second-order valence-corrected chi connectivity index (χ2v) is 8.50. The molecule has 0 aromatic heterocycles. The van der Waals surface area contributed by atoms with Gasteiger partial charge < -0.3 is 4.74 Å². The second kappa shape index (κ2) is 8.55. The smallest absolute Gasteiger partial charge is 0.262 e. The third-order valence-corrected chi connectivity index (χ3v) is 6.18. The van der Waals surface area contributed by atoms with E-state index < -0.39 is 0 Å². The standard InChI is InChI=1S/C24H17BrINO2/c1-29-23-12-11-16(14-19(23)25)13-18-15-22(17-7-3-2-4-8-17)27(24(18)28)21-10-6-5-9-20(21)26/h2-15H,1H3/b18-13+. The lowest BCUT2D eigenvalue weighted by Crippen LogP contribution is -2.25. The summed E-state index contributed by atoms with van der Waals surface area (Å²) in [5.74, 6) is 0.714. The van der Waals surface area contributed by atoms with Gasteiger partial charge in [-0.2, -0.15) is 0 Å². The first-order chi connectivity index (χ1) is 14.1. The fourth-order valence-electron chi connectivity index (χ4n) is 3.26. The molecule has 0 spiro atoms. The van der Waals surface area contributed by atoms with Gasteiger partial charge in [-0.3, -0.25) is 9.69 Å². The minimum absolute atomic E-state index is 0.0418. The Morgan fingerprint density at radius 1 is 1.00 bits per heavy atom. The van der Waals surface area contributed by atoms with Crippen molar-refractivity contribution in [2.75, 3.05) is 12.0 Å². The van der Waals surface area contributed by atoms with Crippen LogP contribution in [-0.2, 0) is 4.79 Å². The highest BCUT2D eigenvalue weighted by Gasteiger charge is 2.31. The molecule has 144 valence electrons. The van der Waals surface area contributed by atoms with Crippen LogP contribution in [0.4, 0.5) is 5.69 Å². The Labute approximate surface area is 192 Å². The molecule has 1 amide bonds. The fourth-order valence-corrected chi connectivity index (χ4v) is 4.45. The molecule has 0 saturated heterocycles. The van der Waals surface area contributed by atoms with Crippen LogP contribution in [0.15, 0.2) is 88.9 Å². The summed E-state index contributed by atoms with van der Waals surface area (Å²) in [5.41, 5.74) is 4.32. The SMILES string of the molecule is COc1ccc(/C=C2\C=C(c3ccccc3)N(c3ccccc3I)C2=O)cc1Br. The molecule has 0 N–H and O–H groups in total. The Bertz CT molecular complexity index is 1140. The van der Waals surface area contributed by atoms with E-state index in [1.165, 1.54) is 0 Å². The molecule has 0 unspecified atom stereocenters. The number of anilines is 1. The lowest BCUT2D eigenvalue weighted by molar-refractivity contribution is -0.113. The summed E-state index contributed by atoms with van der Waals surface area (Å²) in [6.07, 6.45) is 3.87. The van der Waals surface area contributed by atoms with Crippen molar-refractivity contribution in [2.45, 2.75) is 0 Å².